The van der Waals surface area contributed by atoms with Crippen LogP contribution in [0.5, 0.6) is 0 Å². The summed E-state index contributed by atoms with van der Waals surface area (Å²) >= 11 is 2.53. The summed E-state index contributed by atoms with van der Waals surface area (Å²) in [5.74, 6) is -1.34. The third-order valence-corrected chi connectivity index (χ3v) is 8.48. The van der Waals surface area contributed by atoms with Gasteiger partial charge in [0.15, 0.2) is 16.9 Å². The first kappa shape index (κ1) is 26.4. The fourth-order valence-corrected chi connectivity index (χ4v) is 6.50. The molecule has 5 rings (SSSR count). The lowest BCUT2D eigenvalue weighted by atomic mass is 10.00. The maximum atomic E-state index is 13.7. The molecule has 1 fully saturated rings. The number of anilines is 1. The molecule has 10 nitrogen and oxygen atoms in total. The third kappa shape index (κ3) is 5.12. The van der Waals surface area contributed by atoms with Crippen LogP contribution >= 0.6 is 23.1 Å². The van der Waals surface area contributed by atoms with Crippen molar-refractivity contribution in [3.05, 3.63) is 94.1 Å². The highest BCUT2D eigenvalue weighted by molar-refractivity contribution is 8.00. The van der Waals surface area contributed by atoms with E-state index in [-0.39, 0.29) is 22.2 Å². The maximum Gasteiger partial charge on any atom is 0.356 e. The molecule has 0 aliphatic carbocycles. The standard InChI is InChI=1S/C27H25N5O5S2/c1-2-15-13-38-25-20(30-23(33)19(31-36)18-14-39-27(28)29-18)24(34)32(25)21(15)26(35)37-22(16-9-5-3-6-10-16)17-11-7-4-8-12-17/h3-12,14,20,22,25,36H,2,13H2,1H3,(H2,28,29)(H,30,33)/b31-19+/t20-,25-/m1/s1. The Balaban J connectivity index is 1.37. The number of carbonyl (C=O) groups is 3. The van der Waals surface area contributed by atoms with Crippen LogP contribution in [0.2, 0.25) is 0 Å². The summed E-state index contributed by atoms with van der Waals surface area (Å²) in [7, 11) is 0. The molecule has 0 unspecified atom stereocenters. The minimum atomic E-state index is -0.921. The lowest BCUT2D eigenvalue weighted by molar-refractivity contribution is -0.154. The summed E-state index contributed by atoms with van der Waals surface area (Å²) in [4.78, 5) is 45.2. The minimum Gasteiger partial charge on any atom is -0.448 e. The lowest BCUT2D eigenvalue weighted by Gasteiger charge is -2.49. The summed E-state index contributed by atoms with van der Waals surface area (Å²) < 4.78 is 6.07. The molecular formula is C27H25N5O5S2. The molecule has 1 saturated heterocycles. The van der Waals surface area contributed by atoms with Crippen molar-refractivity contribution in [2.24, 2.45) is 5.16 Å². The van der Waals surface area contributed by atoms with Crippen LogP contribution in [0, 0.1) is 0 Å². The predicted molar refractivity (Wildman–Crippen MR) is 148 cm³/mol. The number of oxime groups is 1. The molecule has 12 heteroatoms. The van der Waals surface area contributed by atoms with Crippen LogP contribution in [0.15, 0.2) is 82.5 Å². The zero-order valence-electron chi connectivity index (χ0n) is 20.8. The first-order valence-corrected chi connectivity index (χ1v) is 14.1. The summed E-state index contributed by atoms with van der Waals surface area (Å²) in [6.45, 7) is 1.92. The number of benzene rings is 2. The molecule has 0 radical (unpaired) electrons. The summed E-state index contributed by atoms with van der Waals surface area (Å²) in [5.41, 5.74) is 7.97. The van der Waals surface area contributed by atoms with Crippen LogP contribution in [0.1, 0.15) is 36.3 Å². The summed E-state index contributed by atoms with van der Waals surface area (Å²) in [5, 5.41) is 16.2. The molecule has 0 bridgehead atoms. The number of thiazole rings is 1. The van der Waals surface area contributed by atoms with E-state index in [4.69, 9.17) is 10.5 Å². The number of ether oxygens (including phenoxy) is 1. The van der Waals surface area contributed by atoms with E-state index >= 15 is 0 Å². The number of fused-ring (bicyclic) bond motifs is 1. The van der Waals surface area contributed by atoms with Crippen molar-refractivity contribution in [1.82, 2.24) is 15.2 Å². The molecule has 2 atom stereocenters. The number of hydrogen-bond acceptors (Lipinski definition) is 10. The molecule has 0 saturated carbocycles. The van der Waals surface area contributed by atoms with Gasteiger partial charge in [-0.15, -0.1) is 23.1 Å². The predicted octanol–water partition coefficient (Wildman–Crippen LogP) is 3.30. The fraction of sp³-hybridized carbons (Fsp3) is 0.222. The number of esters is 1. The van der Waals surface area contributed by atoms with Crippen molar-refractivity contribution in [1.29, 1.82) is 0 Å². The monoisotopic (exact) mass is 563 g/mol. The van der Waals surface area contributed by atoms with Crippen molar-refractivity contribution in [3.8, 4) is 0 Å². The Bertz CT molecular complexity index is 1420. The molecule has 2 aromatic carbocycles. The van der Waals surface area contributed by atoms with E-state index in [0.717, 1.165) is 28.0 Å². The van der Waals surface area contributed by atoms with E-state index in [2.05, 4.69) is 15.5 Å². The van der Waals surface area contributed by atoms with Crippen molar-refractivity contribution in [2.75, 3.05) is 11.5 Å². The van der Waals surface area contributed by atoms with E-state index in [0.29, 0.717) is 12.2 Å². The first-order valence-electron chi connectivity index (χ1n) is 12.1. The van der Waals surface area contributed by atoms with Crippen LogP contribution in [0.25, 0.3) is 0 Å². The van der Waals surface area contributed by atoms with Gasteiger partial charge in [0.05, 0.1) is 0 Å². The highest BCUT2D eigenvalue weighted by Gasteiger charge is 2.54. The molecule has 200 valence electrons. The van der Waals surface area contributed by atoms with Gasteiger partial charge in [0, 0.05) is 11.1 Å². The fourth-order valence-electron chi connectivity index (χ4n) is 4.51. The van der Waals surface area contributed by atoms with Crippen LogP contribution in [-0.4, -0.2) is 55.8 Å². The second-order valence-corrected chi connectivity index (χ2v) is 10.8. The number of nitrogens with one attached hydrogen (secondary N) is 1. The zero-order valence-corrected chi connectivity index (χ0v) is 22.4. The van der Waals surface area contributed by atoms with E-state index < -0.39 is 35.3 Å². The van der Waals surface area contributed by atoms with Crippen LogP contribution < -0.4 is 11.1 Å². The van der Waals surface area contributed by atoms with Gasteiger partial charge in [0.1, 0.15) is 22.8 Å². The van der Waals surface area contributed by atoms with Gasteiger partial charge in [-0.2, -0.15) is 0 Å². The van der Waals surface area contributed by atoms with Crippen molar-refractivity contribution in [3.63, 3.8) is 0 Å². The van der Waals surface area contributed by atoms with Gasteiger partial charge < -0.3 is 21.0 Å². The number of β-lactam (4-membered cyclic amide) rings is 1. The van der Waals surface area contributed by atoms with Gasteiger partial charge in [-0.1, -0.05) is 72.7 Å². The Morgan fingerprint density at radius 2 is 1.82 bits per heavy atom. The van der Waals surface area contributed by atoms with Crippen LogP contribution in [0.3, 0.4) is 0 Å². The average molecular weight is 564 g/mol. The second-order valence-electron chi connectivity index (χ2n) is 8.79. The highest BCUT2D eigenvalue weighted by Crippen LogP contribution is 2.42. The lowest BCUT2D eigenvalue weighted by Crippen LogP contribution is -2.71. The SMILES string of the molecule is CCC1=C(C(=O)OC(c2ccccc2)c2ccccc2)N2C(=O)[C@@H](NC(=O)/C(=N/O)c3csc(N)n3)[C@H]2SC1. The van der Waals surface area contributed by atoms with E-state index in [1.54, 1.807) is 0 Å². The number of carbonyl (C=O) groups excluding carboxylic acids is 3. The first-order chi connectivity index (χ1) is 18.9. The van der Waals surface area contributed by atoms with E-state index in [1.165, 1.54) is 22.0 Å². The van der Waals surface area contributed by atoms with E-state index in [9.17, 15) is 19.6 Å². The molecule has 3 heterocycles. The van der Waals surface area contributed by atoms with Crippen molar-refractivity contribution >= 4 is 51.7 Å². The smallest absolute Gasteiger partial charge is 0.356 e. The minimum absolute atomic E-state index is 0.0997. The molecule has 1 aromatic heterocycles. The molecule has 2 amide bonds. The molecule has 4 N–H and O–H groups in total. The van der Waals surface area contributed by atoms with E-state index in [1.807, 2.05) is 67.6 Å². The number of nitrogens with zero attached hydrogens (tertiary/aromatic N) is 3. The topological polar surface area (TPSA) is 147 Å². The highest BCUT2D eigenvalue weighted by atomic mass is 32.2. The quantitative estimate of drug-likeness (QED) is 0.124. The molecule has 39 heavy (non-hydrogen) atoms. The van der Waals surface area contributed by atoms with Gasteiger partial charge in [-0.3, -0.25) is 14.5 Å². The van der Waals surface area contributed by atoms with Crippen molar-refractivity contribution < 1.29 is 24.3 Å². The average Bonchev–Trinajstić information content (AvgIpc) is 3.40. The van der Waals surface area contributed by atoms with Crippen molar-refractivity contribution in [2.45, 2.75) is 30.9 Å². The number of hydrogen-bond donors (Lipinski definition) is 3. The van der Waals surface area contributed by atoms with Crippen LogP contribution in [-0.2, 0) is 19.1 Å². The largest absolute Gasteiger partial charge is 0.448 e. The van der Waals surface area contributed by atoms with Gasteiger partial charge in [-0.25, -0.2) is 9.78 Å². The molecule has 2 aliphatic rings. The third-order valence-electron chi connectivity index (χ3n) is 6.46. The Morgan fingerprint density at radius 1 is 1.18 bits per heavy atom. The number of aromatic nitrogens is 1. The molecular weight excluding hydrogens is 538 g/mol. The Kier molecular flexibility index (Phi) is 7.66. The second kappa shape index (κ2) is 11.3. The zero-order chi connectivity index (χ0) is 27.5. The maximum absolute atomic E-state index is 13.7. The normalized spacial score (nSPS) is 19.0. The number of nitrogens with two attached hydrogens (primary N) is 1. The van der Waals surface area contributed by atoms with Gasteiger partial charge in [0.2, 0.25) is 0 Å². The molecule has 2 aliphatic heterocycles. The molecule has 0 spiro atoms. The Morgan fingerprint density at radius 3 is 2.36 bits per heavy atom. The number of rotatable bonds is 8. The summed E-state index contributed by atoms with van der Waals surface area (Å²) in [6, 6.07) is 17.9. The summed E-state index contributed by atoms with van der Waals surface area (Å²) in [6.07, 6.45) is -0.113. The van der Waals surface area contributed by atoms with Crippen LogP contribution in [0.4, 0.5) is 5.13 Å². The Labute approximate surface area is 232 Å². The van der Waals surface area contributed by atoms with Gasteiger partial charge in [-0.05, 0) is 23.1 Å². The number of nitrogen functional groups attached to an aromatic ring is 1. The number of thioether (sulfide) groups is 1. The van der Waals surface area contributed by atoms with Gasteiger partial charge >= 0.3 is 5.97 Å². The number of amides is 2. The molecule has 3 aromatic rings. The Hall–Kier alpha value is -4.16. The van der Waals surface area contributed by atoms with Gasteiger partial charge in [0.25, 0.3) is 11.8 Å².